The smallest absolute Gasteiger partial charge is 0.268 e. The number of aromatic amines is 1. The molecule has 7 heteroatoms. The summed E-state index contributed by atoms with van der Waals surface area (Å²) in [6.07, 6.45) is 1.40. The van der Waals surface area contributed by atoms with Crippen LogP contribution in [0.1, 0.15) is 0 Å². The average molecular weight is 198 g/mol. The fraction of sp³-hybridized carbons (Fsp3) is 0.167. The zero-order chi connectivity index (χ0) is 9.59. The molecule has 0 saturated heterocycles. The lowest BCUT2D eigenvalue weighted by molar-refractivity contribution is 0.778. The summed E-state index contributed by atoms with van der Waals surface area (Å²) in [5, 5.41) is 6.67. The second-order valence-electron chi connectivity index (χ2n) is 2.65. The fourth-order valence-electron chi connectivity index (χ4n) is 1.14. The molecule has 2 heterocycles. The van der Waals surface area contributed by atoms with E-state index in [9.17, 15) is 9.59 Å². The minimum absolute atomic E-state index is 0.340. The van der Waals surface area contributed by atoms with Crippen LogP contribution in [0.2, 0.25) is 0 Å². The van der Waals surface area contributed by atoms with Crippen molar-refractivity contribution in [3.63, 3.8) is 0 Å². The Morgan fingerprint density at radius 2 is 2.23 bits per heavy atom. The summed E-state index contributed by atoms with van der Waals surface area (Å²) in [4.78, 5) is 22.8. The van der Waals surface area contributed by atoms with Crippen molar-refractivity contribution in [2.45, 2.75) is 0 Å². The third-order valence-corrected chi connectivity index (χ3v) is 2.37. The Kier molecular flexibility index (Phi) is 1.60. The van der Waals surface area contributed by atoms with E-state index in [2.05, 4.69) is 19.6 Å². The highest BCUT2D eigenvalue weighted by atomic mass is 31.0. The third-order valence-electron chi connectivity index (χ3n) is 1.89. The van der Waals surface area contributed by atoms with Crippen molar-refractivity contribution in [1.29, 1.82) is 0 Å². The molecule has 0 saturated carbocycles. The van der Waals surface area contributed by atoms with Crippen molar-refractivity contribution < 1.29 is 0 Å². The molecule has 0 amide bonds. The monoisotopic (exact) mass is 198 g/mol. The van der Waals surface area contributed by atoms with Crippen molar-refractivity contribution in [3.8, 4) is 0 Å². The molecule has 2 aromatic rings. The molecule has 0 spiro atoms. The summed E-state index contributed by atoms with van der Waals surface area (Å²) in [5.41, 5.74) is -0.322. The maximum absolute atomic E-state index is 11.4. The Morgan fingerprint density at radius 3 is 2.92 bits per heavy atom. The van der Waals surface area contributed by atoms with Gasteiger partial charge in [-0.05, 0) is 9.39 Å². The normalized spacial score (nSPS) is 10.9. The summed E-state index contributed by atoms with van der Waals surface area (Å²) < 4.78 is 2.30. The maximum atomic E-state index is 11.4. The first kappa shape index (κ1) is 8.19. The molecule has 0 aliphatic heterocycles. The zero-order valence-corrected chi connectivity index (χ0v) is 7.97. The van der Waals surface area contributed by atoms with Gasteiger partial charge in [-0.1, -0.05) is 0 Å². The number of hydrogen-bond acceptors (Lipinski definition) is 3. The van der Waals surface area contributed by atoms with E-state index in [-0.39, 0.29) is 5.56 Å². The van der Waals surface area contributed by atoms with E-state index in [1.54, 1.807) is 0 Å². The van der Waals surface area contributed by atoms with Crippen molar-refractivity contribution in [3.05, 3.63) is 27.0 Å². The standard InChI is InChI=1S/C6H7N4O2P/c1-9-5(11)3-2-7-8-4(3)10(13)6(9)12/h2H,13H2,1H3,(H,7,8). The van der Waals surface area contributed by atoms with E-state index in [1.807, 2.05) is 0 Å². The third kappa shape index (κ3) is 0.954. The van der Waals surface area contributed by atoms with Gasteiger partial charge in [0.1, 0.15) is 11.0 Å². The molecular formula is C6H7N4O2P. The van der Waals surface area contributed by atoms with Gasteiger partial charge in [0.2, 0.25) is 0 Å². The average Bonchev–Trinajstić information content (AvgIpc) is 2.59. The van der Waals surface area contributed by atoms with Gasteiger partial charge in [-0.15, -0.1) is 0 Å². The van der Waals surface area contributed by atoms with Crippen LogP contribution in [0, 0.1) is 0 Å². The molecule has 0 aliphatic carbocycles. The molecule has 1 atom stereocenters. The van der Waals surface area contributed by atoms with E-state index in [0.717, 1.165) is 4.57 Å². The zero-order valence-electron chi connectivity index (χ0n) is 6.81. The maximum Gasteiger partial charge on any atom is 0.335 e. The van der Waals surface area contributed by atoms with Gasteiger partial charge >= 0.3 is 5.69 Å². The van der Waals surface area contributed by atoms with Crippen molar-refractivity contribution in [2.24, 2.45) is 7.05 Å². The molecule has 0 aliphatic rings. The van der Waals surface area contributed by atoms with Gasteiger partial charge in [0.05, 0.1) is 6.20 Å². The number of H-pyrrole nitrogens is 1. The van der Waals surface area contributed by atoms with Gasteiger partial charge < -0.3 is 0 Å². The number of nitrogens with zero attached hydrogens (tertiary/aromatic N) is 3. The van der Waals surface area contributed by atoms with Crippen LogP contribution in [0.25, 0.3) is 11.0 Å². The molecule has 1 N–H and O–H groups in total. The minimum Gasteiger partial charge on any atom is -0.268 e. The van der Waals surface area contributed by atoms with Crippen molar-refractivity contribution >= 4 is 20.4 Å². The van der Waals surface area contributed by atoms with E-state index in [4.69, 9.17) is 0 Å². The van der Waals surface area contributed by atoms with Gasteiger partial charge in [-0.2, -0.15) is 5.10 Å². The highest BCUT2D eigenvalue weighted by Gasteiger charge is 2.08. The number of aromatic nitrogens is 4. The van der Waals surface area contributed by atoms with Crippen LogP contribution in [0.5, 0.6) is 0 Å². The van der Waals surface area contributed by atoms with Crippen LogP contribution >= 0.6 is 9.39 Å². The van der Waals surface area contributed by atoms with E-state index < -0.39 is 5.69 Å². The second-order valence-corrected chi connectivity index (χ2v) is 3.17. The summed E-state index contributed by atoms with van der Waals surface area (Å²) in [6.45, 7) is 0. The minimum atomic E-state index is -0.397. The lowest BCUT2D eigenvalue weighted by Gasteiger charge is -2.01. The van der Waals surface area contributed by atoms with Gasteiger partial charge in [0.25, 0.3) is 5.56 Å². The number of fused-ring (bicyclic) bond motifs is 1. The molecular weight excluding hydrogens is 191 g/mol. The van der Waals surface area contributed by atoms with Gasteiger partial charge in [0.15, 0.2) is 0 Å². The summed E-state index contributed by atoms with van der Waals surface area (Å²) in [5.74, 6) is 0. The van der Waals surface area contributed by atoms with Crippen molar-refractivity contribution in [1.82, 2.24) is 19.1 Å². The molecule has 2 aromatic heterocycles. The first-order valence-electron chi connectivity index (χ1n) is 3.53. The van der Waals surface area contributed by atoms with Gasteiger partial charge in [-0.25, -0.2) is 4.79 Å². The molecule has 0 radical (unpaired) electrons. The van der Waals surface area contributed by atoms with Crippen LogP contribution in [0.3, 0.4) is 0 Å². The molecule has 2 rings (SSSR count). The molecule has 13 heavy (non-hydrogen) atoms. The summed E-state index contributed by atoms with van der Waals surface area (Å²) in [7, 11) is 3.65. The Morgan fingerprint density at radius 1 is 1.54 bits per heavy atom. The Balaban J connectivity index is 3.21. The quantitative estimate of drug-likeness (QED) is 0.555. The SMILES string of the molecule is Cn1c(=O)c2cn[nH]c2n(P)c1=O. The highest BCUT2D eigenvalue weighted by Crippen LogP contribution is 2.03. The van der Waals surface area contributed by atoms with Crippen LogP contribution in [0.4, 0.5) is 0 Å². The summed E-state index contributed by atoms with van der Waals surface area (Å²) in [6, 6.07) is 0. The highest BCUT2D eigenvalue weighted by molar-refractivity contribution is 7.14. The predicted molar refractivity (Wildman–Crippen MR) is 50.7 cm³/mol. The predicted octanol–water partition coefficient (Wildman–Crippen LogP) is -0.939. The largest absolute Gasteiger partial charge is 0.335 e. The van der Waals surface area contributed by atoms with E-state index >= 15 is 0 Å². The molecule has 1 unspecified atom stereocenters. The summed E-state index contributed by atoms with van der Waals surface area (Å²) >= 11 is 0. The second kappa shape index (κ2) is 2.53. The first-order valence-corrected chi connectivity index (χ1v) is 4.04. The molecule has 0 bridgehead atoms. The van der Waals surface area contributed by atoms with Crippen LogP contribution in [-0.2, 0) is 7.05 Å². The van der Waals surface area contributed by atoms with Crippen LogP contribution in [-0.4, -0.2) is 19.1 Å². The fourth-order valence-corrected chi connectivity index (χ4v) is 1.51. The molecule has 6 nitrogen and oxygen atoms in total. The number of hydrogen-bond donors (Lipinski definition) is 1. The molecule has 68 valence electrons. The van der Waals surface area contributed by atoms with Crippen LogP contribution < -0.4 is 11.2 Å². The first-order chi connectivity index (χ1) is 6.13. The molecule has 0 aromatic carbocycles. The molecule has 0 fully saturated rings. The lowest BCUT2D eigenvalue weighted by atomic mass is 10.4. The van der Waals surface area contributed by atoms with E-state index in [0.29, 0.717) is 11.0 Å². The Bertz CT molecular complexity index is 578. The van der Waals surface area contributed by atoms with Gasteiger partial charge in [0, 0.05) is 7.05 Å². The number of rotatable bonds is 0. The Hall–Kier alpha value is -1.42. The Labute approximate surface area is 74.4 Å². The van der Waals surface area contributed by atoms with E-state index in [1.165, 1.54) is 17.6 Å². The van der Waals surface area contributed by atoms with Crippen LogP contribution in [0.15, 0.2) is 15.8 Å². The van der Waals surface area contributed by atoms with Gasteiger partial charge in [-0.3, -0.25) is 18.8 Å². The van der Waals surface area contributed by atoms with Crippen molar-refractivity contribution in [2.75, 3.05) is 0 Å². The number of nitrogens with one attached hydrogen (secondary N) is 1. The lowest BCUT2D eigenvalue weighted by Crippen LogP contribution is -2.34. The topological polar surface area (TPSA) is 72.7 Å².